The first-order valence-electron chi connectivity index (χ1n) is 9.62. The van der Waals surface area contributed by atoms with E-state index in [1.54, 1.807) is 0 Å². The molecule has 0 aromatic heterocycles. The van der Waals surface area contributed by atoms with Gasteiger partial charge in [-0.25, -0.2) is 0 Å². The number of unbranched alkanes of at least 4 members (excludes halogenated alkanes) is 10. The van der Waals surface area contributed by atoms with Crippen molar-refractivity contribution in [2.45, 2.75) is 104 Å². The molecule has 0 saturated heterocycles. The SMILES string of the molecule is [CH2-][Si](C)(C)N(CCCCCCCC)CCCCCCCC.[Li+]. The monoisotopic (exact) mass is 319 g/mol. The smallest absolute Gasteiger partial charge is 0.351 e. The van der Waals surface area contributed by atoms with E-state index in [0.717, 1.165) is 0 Å². The zero-order valence-corrected chi connectivity index (χ0v) is 17.6. The molecular formula is C19H42LiNSi. The fourth-order valence-corrected chi connectivity index (χ4v) is 4.41. The van der Waals surface area contributed by atoms with Crippen LogP contribution in [0.2, 0.25) is 13.1 Å². The molecule has 22 heavy (non-hydrogen) atoms. The summed E-state index contributed by atoms with van der Waals surface area (Å²) >= 11 is 0. The van der Waals surface area contributed by atoms with Crippen LogP contribution in [0.15, 0.2) is 0 Å². The minimum Gasteiger partial charge on any atom is -0.351 e. The van der Waals surface area contributed by atoms with Gasteiger partial charge in [-0.05, 0) is 34.2 Å². The molecule has 0 radical (unpaired) electrons. The third kappa shape index (κ3) is 15.7. The van der Waals surface area contributed by atoms with Gasteiger partial charge in [-0.2, -0.15) is 0 Å². The van der Waals surface area contributed by atoms with E-state index in [1.807, 2.05) is 0 Å². The topological polar surface area (TPSA) is 3.24 Å². The van der Waals surface area contributed by atoms with Gasteiger partial charge >= 0.3 is 18.9 Å². The van der Waals surface area contributed by atoms with Gasteiger partial charge in [0.2, 0.25) is 0 Å². The number of hydrogen-bond donors (Lipinski definition) is 0. The Morgan fingerprint density at radius 1 is 0.636 bits per heavy atom. The molecule has 0 spiro atoms. The van der Waals surface area contributed by atoms with Crippen LogP contribution in [0, 0.1) is 6.55 Å². The third-order valence-corrected chi connectivity index (χ3v) is 6.58. The van der Waals surface area contributed by atoms with Crippen LogP contribution in [0.4, 0.5) is 0 Å². The summed E-state index contributed by atoms with van der Waals surface area (Å²) in [5, 5.41) is 0. The van der Waals surface area contributed by atoms with Gasteiger partial charge in [0.05, 0.1) is 0 Å². The second-order valence-electron chi connectivity index (χ2n) is 7.34. The van der Waals surface area contributed by atoms with Crippen LogP contribution in [-0.2, 0) is 0 Å². The Bertz CT molecular complexity index is 200. The zero-order chi connectivity index (χ0) is 16.0. The maximum Gasteiger partial charge on any atom is 1.00 e. The fraction of sp³-hybridized carbons (Fsp3) is 0.947. The second kappa shape index (κ2) is 16.6. The quantitative estimate of drug-likeness (QED) is 0.253. The summed E-state index contributed by atoms with van der Waals surface area (Å²) in [4.78, 5) is 0. The minimum absolute atomic E-state index is 0. The van der Waals surface area contributed by atoms with Crippen molar-refractivity contribution >= 4 is 8.24 Å². The van der Waals surface area contributed by atoms with E-state index in [0.29, 0.717) is 0 Å². The van der Waals surface area contributed by atoms with Gasteiger partial charge in [-0.3, -0.25) is 0 Å². The molecule has 0 aromatic rings. The predicted octanol–water partition coefficient (Wildman–Crippen LogP) is 3.59. The van der Waals surface area contributed by atoms with Crippen molar-refractivity contribution < 1.29 is 18.9 Å². The number of rotatable bonds is 15. The van der Waals surface area contributed by atoms with Crippen molar-refractivity contribution in [3.05, 3.63) is 6.55 Å². The molecule has 0 amide bonds. The molecule has 0 aliphatic heterocycles. The Morgan fingerprint density at radius 3 is 1.27 bits per heavy atom. The fourth-order valence-electron chi connectivity index (χ4n) is 2.88. The van der Waals surface area contributed by atoms with Crippen molar-refractivity contribution in [2.24, 2.45) is 0 Å². The molecule has 128 valence electrons. The minimum atomic E-state index is -1.35. The van der Waals surface area contributed by atoms with Crippen LogP contribution >= 0.6 is 0 Å². The van der Waals surface area contributed by atoms with Gasteiger partial charge in [0, 0.05) is 0 Å². The summed E-state index contributed by atoms with van der Waals surface area (Å²) in [5.41, 5.74) is 0. The van der Waals surface area contributed by atoms with E-state index in [-0.39, 0.29) is 18.9 Å². The number of hydrogen-bond acceptors (Lipinski definition) is 1. The Hall–Kier alpha value is 0.774. The van der Waals surface area contributed by atoms with E-state index in [2.05, 4.69) is 38.1 Å². The van der Waals surface area contributed by atoms with Crippen molar-refractivity contribution in [2.75, 3.05) is 13.1 Å². The zero-order valence-electron chi connectivity index (χ0n) is 16.6. The average molecular weight is 320 g/mol. The maximum absolute atomic E-state index is 4.49. The van der Waals surface area contributed by atoms with E-state index >= 15 is 0 Å². The maximum atomic E-state index is 4.49. The first kappa shape index (κ1) is 25.0. The Morgan fingerprint density at radius 2 is 0.955 bits per heavy atom. The molecule has 0 aliphatic carbocycles. The predicted molar refractivity (Wildman–Crippen MR) is 101 cm³/mol. The standard InChI is InChI=1S/C19H42NSi.Li/c1-6-8-10-12-14-16-18-20(21(3,4)5)19-17-15-13-11-9-7-2;/h3,6-19H2,1-2,4-5H3;/q-1;+1. The van der Waals surface area contributed by atoms with Crippen molar-refractivity contribution in [3.63, 3.8) is 0 Å². The summed E-state index contributed by atoms with van der Waals surface area (Å²) in [7, 11) is -1.35. The molecule has 0 unspecified atom stereocenters. The Balaban J connectivity index is 0. The summed E-state index contributed by atoms with van der Waals surface area (Å²) in [5.74, 6) is 0. The molecule has 0 N–H and O–H groups in total. The molecule has 3 heteroatoms. The van der Waals surface area contributed by atoms with Crippen LogP contribution < -0.4 is 18.9 Å². The van der Waals surface area contributed by atoms with Gasteiger partial charge in [0.1, 0.15) is 0 Å². The van der Waals surface area contributed by atoms with Crippen molar-refractivity contribution in [1.29, 1.82) is 0 Å². The summed E-state index contributed by atoms with van der Waals surface area (Å²) < 4.78 is 2.74. The Labute approximate surface area is 155 Å². The molecular weight excluding hydrogens is 277 g/mol. The second-order valence-corrected chi connectivity index (χ2v) is 11.6. The average Bonchev–Trinajstić information content (AvgIpc) is 2.42. The Kier molecular flexibility index (Phi) is 18.9. The van der Waals surface area contributed by atoms with Crippen LogP contribution in [0.5, 0.6) is 0 Å². The van der Waals surface area contributed by atoms with E-state index in [9.17, 15) is 0 Å². The first-order valence-corrected chi connectivity index (χ1v) is 12.8. The van der Waals surface area contributed by atoms with Crippen LogP contribution in [0.3, 0.4) is 0 Å². The molecule has 0 fully saturated rings. The summed E-state index contributed by atoms with van der Waals surface area (Å²) in [6.07, 6.45) is 16.8. The van der Waals surface area contributed by atoms with Crippen LogP contribution in [0.1, 0.15) is 90.9 Å². The molecule has 0 saturated carbocycles. The molecule has 0 heterocycles. The normalized spacial score (nSPS) is 11.7. The number of nitrogens with zero attached hydrogens (tertiary/aromatic N) is 1. The molecule has 0 bridgehead atoms. The summed E-state index contributed by atoms with van der Waals surface area (Å²) in [6, 6.07) is 0. The largest absolute Gasteiger partial charge is 1.00 e. The van der Waals surface area contributed by atoms with E-state index < -0.39 is 8.24 Å². The van der Waals surface area contributed by atoms with Gasteiger partial charge < -0.3 is 11.1 Å². The van der Waals surface area contributed by atoms with Crippen molar-refractivity contribution in [1.82, 2.24) is 4.57 Å². The van der Waals surface area contributed by atoms with Crippen molar-refractivity contribution in [3.8, 4) is 0 Å². The van der Waals surface area contributed by atoms with Gasteiger partial charge in [-0.15, -0.1) is 0 Å². The molecule has 0 rings (SSSR count). The first-order chi connectivity index (χ1) is 10.0. The van der Waals surface area contributed by atoms with Crippen LogP contribution in [0.25, 0.3) is 0 Å². The van der Waals surface area contributed by atoms with E-state index in [1.165, 1.54) is 90.1 Å². The molecule has 1 nitrogen and oxygen atoms in total. The van der Waals surface area contributed by atoms with Gasteiger partial charge in [-0.1, -0.05) is 91.1 Å². The van der Waals surface area contributed by atoms with Gasteiger partial charge in [0.15, 0.2) is 0 Å². The van der Waals surface area contributed by atoms with E-state index in [4.69, 9.17) is 0 Å². The molecule has 0 atom stereocenters. The third-order valence-electron chi connectivity index (χ3n) is 4.42. The van der Waals surface area contributed by atoms with Crippen LogP contribution in [-0.4, -0.2) is 25.9 Å². The summed E-state index contributed by atoms with van der Waals surface area (Å²) in [6.45, 7) is 16.5. The molecule has 0 aliphatic rings. The van der Waals surface area contributed by atoms with Gasteiger partial charge in [0.25, 0.3) is 0 Å². The molecule has 0 aromatic carbocycles.